The zero-order chi connectivity index (χ0) is 11.0. The molecule has 0 bridgehead atoms. The van der Waals surface area contributed by atoms with Crippen molar-refractivity contribution in [3.8, 4) is 0 Å². The second kappa shape index (κ2) is 7.54. The average molecular weight is 200 g/mol. The third-order valence-corrected chi connectivity index (χ3v) is 1.79. The Labute approximate surface area is 85.8 Å². The summed E-state index contributed by atoms with van der Waals surface area (Å²) >= 11 is 0. The summed E-state index contributed by atoms with van der Waals surface area (Å²) in [5, 5.41) is 0. The monoisotopic (exact) mass is 200 g/mol. The highest BCUT2D eigenvalue weighted by molar-refractivity contribution is 5.85. The third-order valence-electron chi connectivity index (χ3n) is 1.79. The van der Waals surface area contributed by atoms with Gasteiger partial charge >= 0.3 is 11.9 Å². The van der Waals surface area contributed by atoms with Crippen LogP contribution in [0.15, 0.2) is 0 Å². The Kier molecular flexibility index (Phi) is 7.07. The van der Waals surface area contributed by atoms with Gasteiger partial charge in [-0.1, -0.05) is 33.6 Å². The van der Waals surface area contributed by atoms with Gasteiger partial charge in [0.1, 0.15) is 0 Å². The zero-order valence-corrected chi connectivity index (χ0v) is 9.34. The van der Waals surface area contributed by atoms with Crippen LogP contribution in [0.3, 0.4) is 0 Å². The van der Waals surface area contributed by atoms with Crippen molar-refractivity contribution < 1.29 is 14.3 Å². The van der Waals surface area contributed by atoms with Gasteiger partial charge < -0.3 is 4.74 Å². The summed E-state index contributed by atoms with van der Waals surface area (Å²) in [5.74, 6) is -0.545. The Morgan fingerprint density at radius 2 is 1.79 bits per heavy atom. The van der Waals surface area contributed by atoms with E-state index < -0.39 is 5.97 Å². The molecule has 0 rings (SSSR count). The number of unbranched alkanes of at least 4 members (excludes halogenated alkanes) is 2. The van der Waals surface area contributed by atoms with Gasteiger partial charge in [0.15, 0.2) is 0 Å². The van der Waals surface area contributed by atoms with Gasteiger partial charge in [-0.25, -0.2) is 0 Å². The quantitative estimate of drug-likeness (QED) is 0.376. The van der Waals surface area contributed by atoms with Gasteiger partial charge in [0, 0.05) is 12.8 Å². The first kappa shape index (κ1) is 13.1. The van der Waals surface area contributed by atoms with E-state index in [4.69, 9.17) is 0 Å². The number of ether oxygens (including phenoxy) is 1. The molecular formula is C11H20O3. The predicted octanol–water partition coefficient (Wildman–Crippen LogP) is 2.68. The molecule has 0 aromatic heterocycles. The van der Waals surface area contributed by atoms with E-state index in [2.05, 4.69) is 11.7 Å². The third kappa shape index (κ3) is 7.77. The van der Waals surface area contributed by atoms with E-state index in [-0.39, 0.29) is 11.9 Å². The fourth-order valence-electron chi connectivity index (χ4n) is 1.07. The molecule has 0 aromatic rings. The van der Waals surface area contributed by atoms with Crippen LogP contribution in [-0.4, -0.2) is 11.9 Å². The van der Waals surface area contributed by atoms with Crippen molar-refractivity contribution in [3.05, 3.63) is 0 Å². The first-order chi connectivity index (χ1) is 6.56. The Morgan fingerprint density at radius 1 is 1.14 bits per heavy atom. The summed E-state index contributed by atoms with van der Waals surface area (Å²) in [7, 11) is 0. The minimum absolute atomic E-state index is 0.242. The van der Waals surface area contributed by atoms with Gasteiger partial charge in [-0.05, 0) is 12.3 Å². The van der Waals surface area contributed by atoms with Crippen molar-refractivity contribution in [2.45, 2.75) is 52.9 Å². The van der Waals surface area contributed by atoms with Crippen LogP contribution < -0.4 is 0 Å². The number of hydrogen-bond donors (Lipinski definition) is 0. The molecule has 0 radical (unpaired) electrons. The normalized spacial score (nSPS) is 10.3. The fraction of sp³-hybridized carbons (Fsp3) is 0.818. The van der Waals surface area contributed by atoms with Gasteiger partial charge in [-0.2, -0.15) is 0 Å². The van der Waals surface area contributed by atoms with E-state index in [1.165, 1.54) is 0 Å². The molecule has 0 saturated carbocycles. The van der Waals surface area contributed by atoms with Crippen LogP contribution in [0.2, 0.25) is 0 Å². The molecule has 0 saturated heterocycles. The van der Waals surface area contributed by atoms with Crippen LogP contribution in [0.25, 0.3) is 0 Å². The zero-order valence-electron chi connectivity index (χ0n) is 9.34. The molecule has 0 fully saturated rings. The van der Waals surface area contributed by atoms with Gasteiger partial charge in [0.2, 0.25) is 0 Å². The maximum absolute atomic E-state index is 11.1. The number of carbonyl (C=O) groups excluding carboxylic acids is 2. The maximum atomic E-state index is 11.1. The highest BCUT2D eigenvalue weighted by Crippen LogP contribution is 2.04. The molecule has 14 heavy (non-hydrogen) atoms. The molecule has 0 aliphatic heterocycles. The van der Waals surface area contributed by atoms with E-state index in [0.29, 0.717) is 12.8 Å². The standard InChI is InChI=1S/C11H20O3/c1-4-5-6-7-10(12)14-11(13)8-9(2)3/h9H,4-8H2,1-3H3. The second-order valence-electron chi connectivity index (χ2n) is 3.90. The molecule has 0 amide bonds. The van der Waals surface area contributed by atoms with E-state index in [1.807, 2.05) is 13.8 Å². The van der Waals surface area contributed by atoms with E-state index in [1.54, 1.807) is 0 Å². The number of esters is 2. The smallest absolute Gasteiger partial charge is 0.313 e. The molecule has 0 atom stereocenters. The lowest BCUT2D eigenvalue weighted by atomic mass is 10.1. The van der Waals surface area contributed by atoms with Crippen LogP contribution in [0.1, 0.15) is 52.9 Å². The Balaban J connectivity index is 3.56. The fourth-order valence-corrected chi connectivity index (χ4v) is 1.07. The summed E-state index contributed by atoms with van der Waals surface area (Å²) in [6.45, 7) is 5.90. The SMILES string of the molecule is CCCCCC(=O)OC(=O)CC(C)C. The highest BCUT2D eigenvalue weighted by Gasteiger charge is 2.11. The van der Waals surface area contributed by atoms with E-state index >= 15 is 0 Å². The molecule has 0 spiro atoms. The molecule has 82 valence electrons. The van der Waals surface area contributed by atoms with Gasteiger partial charge in [-0.15, -0.1) is 0 Å². The minimum Gasteiger partial charge on any atom is -0.393 e. The lowest BCUT2D eigenvalue weighted by Crippen LogP contribution is -2.13. The number of carbonyl (C=O) groups is 2. The first-order valence-corrected chi connectivity index (χ1v) is 5.29. The summed E-state index contributed by atoms with van der Waals surface area (Å²) in [6.07, 6.45) is 3.56. The van der Waals surface area contributed by atoms with Crippen molar-refractivity contribution in [3.63, 3.8) is 0 Å². The lowest BCUT2D eigenvalue weighted by molar-refractivity contribution is -0.160. The predicted molar refractivity (Wildman–Crippen MR) is 54.7 cm³/mol. The average Bonchev–Trinajstić information content (AvgIpc) is 2.02. The van der Waals surface area contributed by atoms with Crippen LogP contribution in [0.4, 0.5) is 0 Å². The minimum atomic E-state index is -0.401. The van der Waals surface area contributed by atoms with Crippen molar-refractivity contribution in [1.82, 2.24) is 0 Å². The number of rotatable bonds is 6. The molecule has 3 heteroatoms. The summed E-state index contributed by atoms with van der Waals surface area (Å²) in [6, 6.07) is 0. The maximum Gasteiger partial charge on any atom is 0.313 e. The Hall–Kier alpha value is -0.860. The van der Waals surface area contributed by atoms with Crippen LogP contribution >= 0.6 is 0 Å². The molecule has 0 unspecified atom stereocenters. The highest BCUT2D eigenvalue weighted by atomic mass is 16.6. The molecule has 0 N–H and O–H groups in total. The summed E-state index contributed by atoms with van der Waals surface area (Å²) in [5.41, 5.74) is 0. The largest absolute Gasteiger partial charge is 0.393 e. The van der Waals surface area contributed by atoms with E-state index in [9.17, 15) is 9.59 Å². The molecule has 3 nitrogen and oxygen atoms in total. The van der Waals surface area contributed by atoms with Crippen LogP contribution in [0.5, 0.6) is 0 Å². The lowest BCUT2D eigenvalue weighted by Gasteiger charge is -2.04. The second-order valence-corrected chi connectivity index (χ2v) is 3.90. The van der Waals surface area contributed by atoms with E-state index in [0.717, 1.165) is 19.3 Å². The van der Waals surface area contributed by atoms with Crippen LogP contribution in [-0.2, 0) is 14.3 Å². The molecule has 0 aromatic carbocycles. The number of hydrogen-bond acceptors (Lipinski definition) is 3. The summed E-state index contributed by atoms with van der Waals surface area (Å²) < 4.78 is 4.63. The molecule has 0 heterocycles. The van der Waals surface area contributed by atoms with Crippen molar-refractivity contribution in [1.29, 1.82) is 0 Å². The molecular weight excluding hydrogens is 180 g/mol. The Morgan fingerprint density at radius 3 is 2.29 bits per heavy atom. The topological polar surface area (TPSA) is 43.4 Å². The van der Waals surface area contributed by atoms with Gasteiger partial charge in [0.05, 0.1) is 0 Å². The molecule has 0 aliphatic carbocycles. The molecule has 0 aliphatic rings. The van der Waals surface area contributed by atoms with Gasteiger partial charge in [-0.3, -0.25) is 9.59 Å². The van der Waals surface area contributed by atoms with Crippen molar-refractivity contribution >= 4 is 11.9 Å². The first-order valence-electron chi connectivity index (χ1n) is 5.29. The van der Waals surface area contributed by atoms with Gasteiger partial charge in [0.25, 0.3) is 0 Å². The van der Waals surface area contributed by atoms with Crippen molar-refractivity contribution in [2.75, 3.05) is 0 Å². The summed E-state index contributed by atoms with van der Waals surface area (Å²) in [4.78, 5) is 22.1. The Bertz CT molecular complexity index is 185. The van der Waals surface area contributed by atoms with Crippen LogP contribution in [0, 0.1) is 5.92 Å². The van der Waals surface area contributed by atoms with Crippen molar-refractivity contribution in [2.24, 2.45) is 5.92 Å².